The molecule has 0 spiro atoms. The van der Waals surface area contributed by atoms with Gasteiger partial charge in [0.1, 0.15) is 0 Å². The summed E-state index contributed by atoms with van der Waals surface area (Å²) in [5.74, 6) is 0. The number of likely N-dealkylation sites (N-methyl/N-ethyl adjacent to an activating group) is 1. The zero-order chi connectivity index (χ0) is 14.4. The molecule has 1 N–H and O–H groups in total. The number of rotatable bonds is 6. The molecule has 2 aliphatic rings. The summed E-state index contributed by atoms with van der Waals surface area (Å²) in [7, 11) is 4.33. The molecule has 0 aromatic heterocycles. The van der Waals surface area contributed by atoms with Crippen LogP contribution in [0.25, 0.3) is 0 Å². The first-order chi connectivity index (χ1) is 9.69. The SMILES string of the molecule is CCNC1CCCC(N2CCN(CCN(C)C)CC2)C1. The molecule has 0 aromatic carbocycles. The van der Waals surface area contributed by atoms with E-state index >= 15 is 0 Å². The maximum Gasteiger partial charge on any atom is 0.0113 e. The molecular weight excluding hydrogens is 248 g/mol. The minimum atomic E-state index is 0.769. The van der Waals surface area contributed by atoms with E-state index in [0.29, 0.717) is 0 Å². The van der Waals surface area contributed by atoms with Crippen molar-refractivity contribution in [3.05, 3.63) is 0 Å². The minimum absolute atomic E-state index is 0.769. The first kappa shape index (κ1) is 16.2. The Morgan fingerprint density at radius 2 is 1.85 bits per heavy atom. The van der Waals surface area contributed by atoms with Crippen molar-refractivity contribution in [2.24, 2.45) is 0 Å². The largest absolute Gasteiger partial charge is 0.314 e. The van der Waals surface area contributed by atoms with Gasteiger partial charge in [-0.15, -0.1) is 0 Å². The predicted octanol–water partition coefficient (Wildman–Crippen LogP) is 1.09. The Bertz CT molecular complexity index is 259. The fraction of sp³-hybridized carbons (Fsp3) is 1.00. The normalized spacial score (nSPS) is 30.0. The maximum atomic E-state index is 3.65. The molecule has 4 nitrogen and oxygen atoms in total. The van der Waals surface area contributed by atoms with Crippen LogP contribution in [0.5, 0.6) is 0 Å². The molecule has 2 fully saturated rings. The van der Waals surface area contributed by atoms with Crippen LogP contribution in [0.3, 0.4) is 0 Å². The number of piperazine rings is 1. The van der Waals surface area contributed by atoms with Crippen molar-refractivity contribution < 1.29 is 0 Å². The topological polar surface area (TPSA) is 21.8 Å². The highest BCUT2D eigenvalue weighted by atomic mass is 15.3. The van der Waals surface area contributed by atoms with Crippen LogP contribution in [-0.4, -0.2) is 86.7 Å². The van der Waals surface area contributed by atoms with E-state index < -0.39 is 0 Å². The highest BCUT2D eigenvalue weighted by Gasteiger charge is 2.28. The second-order valence-corrected chi connectivity index (χ2v) is 6.76. The number of nitrogens with zero attached hydrogens (tertiary/aromatic N) is 3. The van der Waals surface area contributed by atoms with Gasteiger partial charge in [-0.05, 0) is 39.9 Å². The first-order valence-corrected chi connectivity index (χ1v) is 8.53. The Kier molecular flexibility index (Phi) is 6.75. The fourth-order valence-corrected chi connectivity index (χ4v) is 3.66. The van der Waals surface area contributed by atoms with Crippen molar-refractivity contribution in [2.75, 3.05) is 59.9 Å². The fourth-order valence-electron chi connectivity index (χ4n) is 3.66. The van der Waals surface area contributed by atoms with E-state index in [2.05, 4.69) is 41.0 Å². The van der Waals surface area contributed by atoms with Gasteiger partial charge >= 0.3 is 0 Å². The minimum Gasteiger partial charge on any atom is -0.314 e. The molecule has 0 aromatic rings. The van der Waals surface area contributed by atoms with Crippen LogP contribution in [-0.2, 0) is 0 Å². The average Bonchev–Trinajstić information content (AvgIpc) is 2.46. The monoisotopic (exact) mass is 282 g/mol. The molecule has 2 unspecified atom stereocenters. The Balaban J connectivity index is 1.70. The lowest BCUT2D eigenvalue weighted by atomic mass is 9.89. The Labute approximate surface area is 125 Å². The molecule has 20 heavy (non-hydrogen) atoms. The maximum absolute atomic E-state index is 3.65. The summed E-state index contributed by atoms with van der Waals surface area (Å²) in [6.07, 6.45) is 5.57. The standard InChI is InChI=1S/C16H34N4/c1-4-17-15-6-5-7-16(14-15)20-12-10-19(11-13-20)9-8-18(2)3/h15-17H,4-14H2,1-3H3. The van der Waals surface area contributed by atoms with Crippen LogP contribution in [0.4, 0.5) is 0 Å². The van der Waals surface area contributed by atoms with Gasteiger partial charge in [0.15, 0.2) is 0 Å². The van der Waals surface area contributed by atoms with E-state index in [9.17, 15) is 0 Å². The summed E-state index contributed by atoms with van der Waals surface area (Å²) in [5.41, 5.74) is 0. The van der Waals surface area contributed by atoms with Gasteiger partial charge in [0.05, 0.1) is 0 Å². The van der Waals surface area contributed by atoms with Crippen molar-refractivity contribution in [2.45, 2.75) is 44.7 Å². The lowest BCUT2D eigenvalue weighted by Crippen LogP contribution is -2.53. The molecule has 2 rings (SSSR count). The lowest BCUT2D eigenvalue weighted by molar-refractivity contribution is 0.0692. The second kappa shape index (κ2) is 8.32. The first-order valence-electron chi connectivity index (χ1n) is 8.53. The Hall–Kier alpha value is -0.160. The third-order valence-corrected chi connectivity index (χ3v) is 4.93. The lowest BCUT2D eigenvalue weighted by Gasteiger charge is -2.42. The molecule has 1 aliphatic heterocycles. The van der Waals surface area contributed by atoms with Crippen LogP contribution in [0, 0.1) is 0 Å². The van der Waals surface area contributed by atoms with Crippen molar-refractivity contribution in [3.8, 4) is 0 Å². The highest BCUT2D eigenvalue weighted by molar-refractivity contribution is 4.86. The molecular formula is C16H34N4. The van der Waals surface area contributed by atoms with Gasteiger partial charge in [0, 0.05) is 51.4 Å². The number of hydrogen-bond acceptors (Lipinski definition) is 4. The molecule has 0 amide bonds. The smallest absolute Gasteiger partial charge is 0.0113 e. The van der Waals surface area contributed by atoms with Gasteiger partial charge in [-0.2, -0.15) is 0 Å². The van der Waals surface area contributed by atoms with Crippen molar-refractivity contribution in [3.63, 3.8) is 0 Å². The Morgan fingerprint density at radius 3 is 2.50 bits per heavy atom. The van der Waals surface area contributed by atoms with Crippen molar-refractivity contribution in [1.29, 1.82) is 0 Å². The van der Waals surface area contributed by atoms with Gasteiger partial charge in [0.25, 0.3) is 0 Å². The van der Waals surface area contributed by atoms with Crippen molar-refractivity contribution in [1.82, 2.24) is 20.0 Å². The molecule has 4 heteroatoms. The highest BCUT2D eigenvalue weighted by Crippen LogP contribution is 2.24. The van der Waals surface area contributed by atoms with Crippen LogP contribution >= 0.6 is 0 Å². The van der Waals surface area contributed by atoms with Gasteiger partial charge in [-0.3, -0.25) is 9.80 Å². The summed E-state index contributed by atoms with van der Waals surface area (Å²) < 4.78 is 0. The van der Waals surface area contributed by atoms with Gasteiger partial charge in [-0.25, -0.2) is 0 Å². The third kappa shape index (κ3) is 4.99. The van der Waals surface area contributed by atoms with E-state index in [1.165, 1.54) is 65.0 Å². The summed E-state index contributed by atoms with van der Waals surface area (Å²) in [6.45, 7) is 10.8. The molecule has 2 atom stereocenters. The van der Waals surface area contributed by atoms with Gasteiger partial charge in [-0.1, -0.05) is 13.3 Å². The Morgan fingerprint density at radius 1 is 1.10 bits per heavy atom. The van der Waals surface area contributed by atoms with Gasteiger partial charge < -0.3 is 10.2 Å². The molecule has 1 saturated heterocycles. The van der Waals surface area contributed by atoms with Crippen LogP contribution in [0.15, 0.2) is 0 Å². The van der Waals surface area contributed by atoms with E-state index in [0.717, 1.165) is 18.6 Å². The molecule has 118 valence electrons. The number of hydrogen-bond donors (Lipinski definition) is 1. The van der Waals surface area contributed by atoms with Crippen LogP contribution < -0.4 is 5.32 Å². The molecule has 1 heterocycles. The summed E-state index contributed by atoms with van der Waals surface area (Å²) in [6, 6.07) is 1.61. The molecule has 0 bridgehead atoms. The molecule has 1 aliphatic carbocycles. The average molecular weight is 282 g/mol. The predicted molar refractivity (Wildman–Crippen MR) is 86.3 cm³/mol. The second-order valence-electron chi connectivity index (χ2n) is 6.76. The van der Waals surface area contributed by atoms with E-state index in [1.54, 1.807) is 0 Å². The van der Waals surface area contributed by atoms with E-state index in [4.69, 9.17) is 0 Å². The van der Waals surface area contributed by atoms with Crippen molar-refractivity contribution >= 4 is 0 Å². The van der Waals surface area contributed by atoms with Gasteiger partial charge in [0.2, 0.25) is 0 Å². The quantitative estimate of drug-likeness (QED) is 0.787. The van der Waals surface area contributed by atoms with Crippen LogP contribution in [0.2, 0.25) is 0 Å². The number of nitrogens with one attached hydrogen (secondary N) is 1. The summed E-state index contributed by atoms with van der Waals surface area (Å²) in [4.78, 5) is 7.67. The molecule has 0 radical (unpaired) electrons. The molecule has 1 saturated carbocycles. The zero-order valence-electron chi connectivity index (χ0n) is 13.8. The van der Waals surface area contributed by atoms with E-state index in [1.807, 2.05) is 0 Å². The summed E-state index contributed by atoms with van der Waals surface area (Å²) >= 11 is 0. The van der Waals surface area contributed by atoms with E-state index in [-0.39, 0.29) is 0 Å². The van der Waals surface area contributed by atoms with Crippen LogP contribution in [0.1, 0.15) is 32.6 Å². The third-order valence-electron chi connectivity index (χ3n) is 4.93. The zero-order valence-corrected chi connectivity index (χ0v) is 13.8. The summed E-state index contributed by atoms with van der Waals surface area (Å²) in [5, 5.41) is 3.65.